The maximum atomic E-state index is 12.1. The highest BCUT2D eigenvalue weighted by Gasteiger charge is 2.21. The van der Waals surface area contributed by atoms with E-state index in [2.05, 4.69) is 10.2 Å². The molecule has 0 aromatic heterocycles. The molecule has 1 N–H and O–H groups in total. The van der Waals surface area contributed by atoms with Crippen LogP contribution in [0.25, 0.3) is 0 Å². The Bertz CT molecular complexity index is 542. The van der Waals surface area contributed by atoms with Crippen molar-refractivity contribution in [2.24, 2.45) is 0 Å². The Morgan fingerprint density at radius 3 is 2.57 bits per heavy atom. The second kappa shape index (κ2) is 8.38. The summed E-state index contributed by atoms with van der Waals surface area (Å²) in [4.78, 5) is 27.4. The number of piperazine rings is 1. The summed E-state index contributed by atoms with van der Waals surface area (Å²) >= 11 is 0. The molecule has 7 nitrogen and oxygen atoms in total. The molecule has 23 heavy (non-hydrogen) atoms. The van der Waals surface area contributed by atoms with Crippen LogP contribution in [0.3, 0.4) is 0 Å². The molecule has 0 aliphatic carbocycles. The summed E-state index contributed by atoms with van der Waals surface area (Å²) in [6, 6.07) is 7.06. The minimum atomic E-state index is -0.282. The maximum absolute atomic E-state index is 12.1. The quantitative estimate of drug-likeness (QED) is 0.869. The average molecular weight is 321 g/mol. The van der Waals surface area contributed by atoms with Crippen molar-refractivity contribution in [1.82, 2.24) is 15.1 Å². The van der Waals surface area contributed by atoms with Crippen molar-refractivity contribution in [2.75, 3.05) is 53.5 Å². The number of amides is 2. The summed E-state index contributed by atoms with van der Waals surface area (Å²) < 4.78 is 9.82. The molecule has 0 radical (unpaired) electrons. The van der Waals surface area contributed by atoms with Gasteiger partial charge in [0.05, 0.1) is 14.2 Å². The minimum Gasteiger partial charge on any atom is -0.497 e. The highest BCUT2D eigenvalue weighted by Crippen LogP contribution is 2.12. The number of nitrogens with zero attached hydrogens (tertiary/aromatic N) is 2. The van der Waals surface area contributed by atoms with Crippen LogP contribution in [0, 0.1) is 0 Å². The Balaban J connectivity index is 1.71. The smallest absolute Gasteiger partial charge is 0.409 e. The third-order valence-corrected chi connectivity index (χ3v) is 3.85. The van der Waals surface area contributed by atoms with Crippen molar-refractivity contribution < 1.29 is 19.1 Å². The van der Waals surface area contributed by atoms with Crippen molar-refractivity contribution in [3.8, 4) is 5.75 Å². The average Bonchev–Trinajstić information content (AvgIpc) is 2.61. The van der Waals surface area contributed by atoms with Crippen LogP contribution in [-0.2, 0) is 4.74 Å². The molecule has 126 valence electrons. The number of carbonyl (C=O) groups excluding carboxylic acids is 2. The standard InChI is InChI=1S/C16H23N3O4/c1-22-14-5-3-4-13(12-14)15(20)17-6-7-18-8-10-19(11-9-18)16(21)23-2/h3-5,12H,6-11H2,1-2H3,(H,17,20). The first-order chi connectivity index (χ1) is 11.1. The zero-order valence-electron chi connectivity index (χ0n) is 13.6. The van der Waals surface area contributed by atoms with Crippen molar-refractivity contribution in [2.45, 2.75) is 0 Å². The molecule has 0 atom stereocenters. The van der Waals surface area contributed by atoms with Gasteiger partial charge in [-0.2, -0.15) is 0 Å². The fraction of sp³-hybridized carbons (Fsp3) is 0.500. The number of hydrogen-bond acceptors (Lipinski definition) is 5. The van der Waals surface area contributed by atoms with E-state index in [0.29, 0.717) is 30.9 Å². The molecule has 0 unspecified atom stereocenters. The molecule has 0 spiro atoms. The van der Waals surface area contributed by atoms with Crippen LogP contribution >= 0.6 is 0 Å². The first-order valence-electron chi connectivity index (χ1n) is 7.61. The Hall–Kier alpha value is -2.28. The first-order valence-corrected chi connectivity index (χ1v) is 7.61. The van der Waals surface area contributed by atoms with Gasteiger partial charge in [-0.15, -0.1) is 0 Å². The van der Waals surface area contributed by atoms with Gasteiger partial charge in [0.25, 0.3) is 5.91 Å². The van der Waals surface area contributed by atoms with E-state index in [1.807, 2.05) is 0 Å². The van der Waals surface area contributed by atoms with Gasteiger partial charge in [-0.25, -0.2) is 4.79 Å². The zero-order valence-corrected chi connectivity index (χ0v) is 13.6. The van der Waals surface area contributed by atoms with Gasteiger partial charge in [-0.1, -0.05) is 6.07 Å². The molecule has 2 amide bonds. The summed E-state index contributed by atoms with van der Waals surface area (Å²) in [7, 11) is 2.97. The molecule has 0 saturated carbocycles. The van der Waals surface area contributed by atoms with E-state index >= 15 is 0 Å². The number of nitrogens with one attached hydrogen (secondary N) is 1. The number of rotatable bonds is 5. The summed E-state index contributed by atoms with van der Waals surface area (Å²) in [6.45, 7) is 4.18. The van der Waals surface area contributed by atoms with Crippen LogP contribution in [0.15, 0.2) is 24.3 Å². The fourth-order valence-electron chi connectivity index (χ4n) is 2.48. The molecular weight excluding hydrogens is 298 g/mol. The molecule has 1 heterocycles. The molecule has 1 saturated heterocycles. The number of hydrogen-bond donors (Lipinski definition) is 1. The number of benzene rings is 1. The van der Waals surface area contributed by atoms with Crippen LogP contribution in [0.4, 0.5) is 4.79 Å². The van der Waals surface area contributed by atoms with E-state index in [4.69, 9.17) is 9.47 Å². The highest BCUT2D eigenvalue weighted by atomic mass is 16.5. The predicted molar refractivity (Wildman–Crippen MR) is 85.7 cm³/mol. The highest BCUT2D eigenvalue weighted by molar-refractivity contribution is 5.94. The van der Waals surface area contributed by atoms with Gasteiger partial charge in [0, 0.05) is 44.8 Å². The van der Waals surface area contributed by atoms with Crippen LogP contribution in [0.2, 0.25) is 0 Å². The monoisotopic (exact) mass is 321 g/mol. The minimum absolute atomic E-state index is 0.114. The van der Waals surface area contributed by atoms with Crippen molar-refractivity contribution in [1.29, 1.82) is 0 Å². The largest absolute Gasteiger partial charge is 0.497 e. The lowest BCUT2D eigenvalue weighted by Gasteiger charge is -2.33. The van der Waals surface area contributed by atoms with Crippen LogP contribution in [-0.4, -0.2) is 75.3 Å². The van der Waals surface area contributed by atoms with Gasteiger partial charge < -0.3 is 19.7 Å². The first kappa shape index (κ1) is 17.1. The lowest BCUT2D eigenvalue weighted by Crippen LogP contribution is -2.50. The van der Waals surface area contributed by atoms with Gasteiger partial charge >= 0.3 is 6.09 Å². The van der Waals surface area contributed by atoms with Gasteiger partial charge in [-0.3, -0.25) is 9.69 Å². The SMILES string of the molecule is COC(=O)N1CCN(CCNC(=O)c2cccc(OC)c2)CC1. The van der Waals surface area contributed by atoms with E-state index < -0.39 is 0 Å². The molecule has 7 heteroatoms. The molecule has 1 aromatic rings. The molecule has 1 fully saturated rings. The van der Waals surface area contributed by atoms with E-state index in [9.17, 15) is 9.59 Å². The third kappa shape index (κ3) is 4.85. The summed E-state index contributed by atoms with van der Waals surface area (Å²) in [5.41, 5.74) is 0.583. The van der Waals surface area contributed by atoms with Crippen LogP contribution < -0.4 is 10.1 Å². The molecule has 1 aliphatic heterocycles. The van der Waals surface area contributed by atoms with Crippen molar-refractivity contribution in [3.63, 3.8) is 0 Å². The summed E-state index contributed by atoms with van der Waals surface area (Å²) in [6.07, 6.45) is -0.282. The molecule has 1 aromatic carbocycles. The Morgan fingerprint density at radius 2 is 1.91 bits per heavy atom. The number of ether oxygens (including phenoxy) is 2. The van der Waals surface area contributed by atoms with E-state index in [1.54, 1.807) is 36.3 Å². The topological polar surface area (TPSA) is 71.1 Å². The predicted octanol–water partition coefficient (Wildman–Crippen LogP) is 0.809. The van der Waals surface area contributed by atoms with E-state index in [0.717, 1.165) is 19.6 Å². The summed E-state index contributed by atoms with van der Waals surface area (Å²) in [5.74, 6) is 0.550. The Kier molecular flexibility index (Phi) is 6.22. The second-order valence-electron chi connectivity index (χ2n) is 5.29. The van der Waals surface area contributed by atoms with Gasteiger partial charge in [0.1, 0.15) is 5.75 Å². The fourth-order valence-corrected chi connectivity index (χ4v) is 2.48. The van der Waals surface area contributed by atoms with Crippen molar-refractivity contribution >= 4 is 12.0 Å². The summed E-state index contributed by atoms with van der Waals surface area (Å²) in [5, 5.41) is 2.90. The Morgan fingerprint density at radius 1 is 1.17 bits per heavy atom. The lowest BCUT2D eigenvalue weighted by atomic mass is 10.2. The zero-order chi connectivity index (χ0) is 16.7. The molecule has 1 aliphatic rings. The number of carbonyl (C=O) groups is 2. The van der Waals surface area contributed by atoms with Gasteiger partial charge in [-0.05, 0) is 18.2 Å². The van der Waals surface area contributed by atoms with Crippen LogP contribution in [0.5, 0.6) is 5.75 Å². The normalized spacial score (nSPS) is 15.1. The molecule has 0 bridgehead atoms. The van der Waals surface area contributed by atoms with Crippen molar-refractivity contribution in [3.05, 3.63) is 29.8 Å². The maximum Gasteiger partial charge on any atom is 0.409 e. The van der Waals surface area contributed by atoms with E-state index in [1.165, 1.54) is 7.11 Å². The molecular formula is C16H23N3O4. The lowest BCUT2D eigenvalue weighted by molar-refractivity contribution is 0.0884. The second-order valence-corrected chi connectivity index (χ2v) is 5.29. The third-order valence-electron chi connectivity index (χ3n) is 3.85. The molecule has 2 rings (SSSR count). The Labute approximate surface area is 136 Å². The van der Waals surface area contributed by atoms with Crippen LogP contribution in [0.1, 0.15) is 10.4 Å². The number of methoxy groups -OCH3 is 2. The van der Waals surface area contributed by atoms with Gasteiger partial charge in [0.15, 0.2) is 0 Å². The van der Waals surface area contributed by atoms with Gasteiger partial charge in [0.2, 0.25) is 0 Å². The van der Waals surface area contributed by atoms with E-state index in [-0.39, 0.29) is 12.0 Å².